The van der Waals surface area contributed by atoms with Gasteiger partial charge in [0.25, 0.3) is 0 Å². The first-order valence-corrected chi connectivity index (χ1v) is 9.06. The molecule has 2 N–H and O–H groups in total. The summed E-state index contributed by atoms with van der Waals surface area (Å²) in [5.41, 5.74) is 2.27. The van der Waals surface area contributed by atoms with Crippen molar-refractivity contribution >= 4 is 29.9 Å². The number of guanidine groups is 1. The molecule has 7 heteroatoms. The molecule has 0 aliphatic rings. The number of halogens is 1. The van der Waals surface area contributed by atoms with Crippen molar-refractivity contribution in [1.82, 2.24) is 10.6 Å². The zero-order valence-electron chi connectivity index (χ0n) is 17.0. The molecule has 0 fully saturated rings. The quantitative estimate of drug-likeness (QED) is 0.314. The smallest absolute Gasteiger partial charge is 0.191 e. The number of rotatable bonds is 9. The van der Waals surface area contributed by atoms with Crippen molar-refractivity contribution in [1.29, 1.82) is 0 Å². The summed E-state index contributed by atoms with van der Waals surface area (Å²) in [6.07, 6.45) is 0.887. The highest BCUT2D eigenvalue weighted by atomic mass is 127. The van der Waals surface area contributed by atoms with Crippen LogP contribution >= 0.6 is 24.0 Å². The predicted octanol–water partition coefficient (Wildman–Crippen LogP) is 3.63. The Hall–Kier alpha value is -2.16. The Morgan fingerprint density at radius 1 is 0.893 bits per heavy atom. The van der Waals surface area contributed by atoms with Crippen molar-refractivity contribution in [3.63, 3.8) is 0 Å². The monoisotopic (exact) mass is 499 g/mol. The van der Waals surface area contributed by atoms with E-state index in [4.69, 9.17) is 14.2 Å². The van der Waals surface area contributed by atoms with Gasteiger partial charge in [-0.25, -0.2) is 4.99 Å². The van der Waals surface area contributed by atoms with E-state index < -0.39 is 0 Å². The molecule has 0 aliphatic heterocycles. The SMILES string of the molecule is CCNC(=NCc1ccc(OC)c(OC)c1)NCCc1cccc(OC)c1.I. The summed E-state index contributed by atoms with van der Waals surface area (Å²) in [5.74, 6) is 3.09. The number of hydrogen-bond acceptors (Lipinski definition) is 4. The Balaban J connectivity index is 0.00000392. The van der Waals surface area contributed by atoms with E-state index in [9.17, 15) is 0 Å². The lowest BCUT2D eigenvalue weighted by Crippen LogP contribution is -2.38. The molecule has 2 aromatic rings. The molecule has 0 spiro atoms. The normalized spacial score (nSPS) is 10.6. The summed E-state index contributed by atoms with van der Waals surface area (Å²) < 4.78 is 15.9. The van der Waals surface area contributed by atoms with Crippen molar-refractivity contribution in [3.8, 4) is 17.2 Å². The van der Waals surface area contributed by atoms with E-state index in [1.54, 1.807) is 21.3 Å². The van der Waals surface area contributed by atoms with Gasteiger partial charge in [-0.1, -0.05) is 18.2 Å². The molecule has 0 bridgehead atoms. The predicted molar refractivity (Wildman–Crippen MR) is 124 cm³/mol. The zero-order chi connectivity index (χ0) is 19.5. The van der Waals surface area contributed by atoms with Crippen molar-refractivity contribution in [2.45, 2.75) is 19.9 Å². The van der Waals surface area contributed by atoms with Crippen molar-refractivity contribution in [3.05, 3.63) is 53.6 Å². The van der Waals surface area contributed by atoms with Gasteiger partial charge in [-0.05, 0) is 48.7 Å². The first-order valence-electron chi connectivity index (χ1n) is 9.06. The van der Waals surface area contributed by atoms with Gasteiger partial charge in [0.05, 0.1) is 27.9 Å². The van der Waals surface area contributed by atoms with Crippen molar-refractivity contribution in [2.75, 3.05) is 34.4 Å². The van der Waals surface area contributed by atoms with Gasteiger partial charge < -0.3 is 24.8 Å². The van der Waals surface area contributed by atoms with Crippen LogP contribution in [0.4, 0.5) is 0 Å². The minimum absolute atomic E-state index is 0. The molecule has 0 heterocycles. The number of hydrogen-bond donors (Lipinski definition) is 2. The lowest BCUT2D eigenvalue weighted by atomic mass is 10.1. The van der Waals surface area contributed by atoms with Gasteiger partial charge in [-0.2, -0.15) is 0 Å². The minimum atomic E-state index is 0. The van der Waals surface area contributed by atoms with Crippen LogP contribution in [0.5, 0.6) is 17.2 Å². The van der Waals surface area contributed by atoms with Gasteiger partial charge in [-0.3, -0.25) is 0 Å². The second-order valence-corrected chi connectivity index (χ2v) is 5.91. The van der Waals surface area contributed by atoms with Gasteiger partial charge >= 0.3 is 0 Å². The largest absolute Gasteiger partial charge is 0.497 e. The standard InChI is InChI=1S/C21H29N3O3.HI/c1-5-22-21(23-12-11-16-7-6-8-18(13-16)25-2)24-15-17-9-10-19(26-3)20(14-17)27-4;/h6-10,13-14H,5,11-12,15H2,1-4H3,(H2,22,23,24);1H. The maximum absolute atomic E-state index is 5.35. The summed E-state index contributed by atoms with van der Waals surface area (Å²) in [5, 5.41) is 6.64. The Morgan fingerprint density at radius 2 is 1.68 bits per heavy atom. The molecule has 2 rings (SSSR count). The molecule has 154 valence electrons. The summed E-state index contributed by atoms with van der Waals surface area (Å²) in [4.78, 5) is 4.65. The first kappa shape index (κ1) is 23.9. The number of ether oxygens (including phenoxy) is 3. The van der Waals surface area contributed by atoms with Gasteiger partial charge in [0, 0.05) is 13.1 Å². The van der Waals surface area contributed by atoms with E-state index in [1.807, 2.05) is 30.3 Å². The second-order valence-electron chi connectivity index (χ2n) is 5.91. The lowest BCUT2D eigenvalue weighted by molar-refractivity contribution is 0.354. The molecule has 0 radical (unpaired) electrons. The van der Waals surface area contributed by atoms with Crippen LogP contribution in [0.15, 0.2) is 47.5 Å². The fourth-order valence-corrected chi connectivity index (χ4v) is 2.64. The molecule has 0 aliphatic carbocycles. The van der Waals surface area contributed by atoms with E-state index in [2.05, 4.69) is 34.7 Å². The topological polar surface area (TPSA) is 64.1 Å². The lowest BCUT2D eigenvalue weighted by Gasteiger charge is -2.12. The van der Waals surface area contributed by atoms with E-state index in [0.29, 0.717) is 18.0 Å². The summed E-state index contributed by atoms with van der Waals surface area (Å²) in [6, 6.07) is 13.9. The molecule has 6 nitrogen and oxygen atoms in total. The van der Waals surface area contributed by atoms with E-state index in [0.717, 1.165) is 36.8 Å². The maximum Gasteiger partial charge on any atom is 0.191 e. The summed E-state index contributed by atoms with van der Waals surface area (Å²) in [7, 11) is 4.95. The Morgan fingerprint density at radius 3 is 2.36 bits per heavy atom. The Labute approximate surface area is 184 Å². The number of benzene rings is 2. The van der Waals surface area contributed by atoms with Crippen LogP contribution in [0.25, 0.3) is 0 Å². The van der Waals surface area contributed by atoms with Crippen LogP contribution in [0.1, 0.15) is 18.1 Å². The first-order chi connectivity index (χ1) is 13.2. The van der Waals surface area contributed by atoms with Crippen LogP contribution in [0.2, 0.25) is 0 Å². The molecular weight excluding hydrogens is 469 g/mol. The fourth-order valence-electron chi connectivity index (χ4n) is 2.64. The van der Waals surface area contributed by atoms with Gasteiger partial charge in [-0.15, -0.1) is 24.0 Å². The van der Waals surface area contributed by atoms with E-state index in [1.165, 1.54) is 5.56 Å². The van der Waals surface area contributed by atoms with Crippen LogP contribution in [-0.4, -0.2) is 40.4 Å². The van der Waals surface area contributed by atoms with Gasteiger partial charge in [0.2, 0.25) is 0 Å². The summed E-state index contributed by atoms with van der Waals surface area (Å²) in [6.45, 7) is 4.19. The third-order valence-electron chi connectivity index (χ3n) is 4.05. The molecule has 0 amide bonds. The van der Waals surface area contributed by atoms with E-state index in [-0.39, 0.29) is 24.0 Å². The minimum Gasteiger partial charge on any atom is -0.497 e. The Bertz CT molecular complexity index is 753. The third-order valence-corrected chi connectivity index (χ3v) is 4.05. The van der Waals surface area contributed by atoms with Crippen molar-refractivity contribution in [2.24, 2.45) is 4.99 Å². The highest BCUT2D eigenvalue weighted by Gasteiger charge is 2.05. The average molecular weight is 499 g/mol. The molecule has 0 saturated carbocycles. The molecule has 0 saturated heterocycles. The molecule has 0 atom stereocenters. The average Bonchev–Trinajstić information content (AvgIpc) is 2.71. The number of nitrogens with zero attached hydrogens (tertiary/aromatic N) is 1. The van der Waals surface area contributed by atoms with Crippen LogP contribution in [0, 0.1) is 0 Å². The molecule has 2 aromatic carbocycles. The van der Waals surface area contributed by atoms with E-state index >= 15 is 0 Å². The number of nitrogens with one attached hydrogen (secondary N) is 2. The number of methoxy groups -OCH3 is 3. The molecule has 28 heavy (non-hydrogen) atoms. The highest BCUT2D eigenvalue weighted by molar-refractivity contribution is 14.0. The second kappa shape index (κ2) is 13.1. The van der Waals surface area contributed by atoms with Crippen LogP contribution in [0.3, 0.4) is 0 Å². The summed E-state index contributed by atoms with van der Waals surface area (Å²) >= 11 is 0. The van der Waals surface area contributed by atoms with Crippen molar-refractivity contribution < 1.29 is 14.2 Å². The van der Waals surface area contributed by atoms with Crippen LogP contribution in [-0.2, 0) is 13.0 Å². The fraction of sp³-hybridized carbons (Fsp3) is 0.381. The zero-order valence-corrected chi connectivity index (χ0v) is 19.3. The highest BCUT2D eigenvalue weighted by Crippen LogP contribution is 2.27. The maximum atomic E-state index is 5.35. The molecular formula is C21H30IN3O3. The number of aliphatic imine (C=N–C) groups is 1. The molecule has 0 unspecified atom stereocenters. The van der Waals surface area contributed by atoms with Gasteiger partial charge in [0.15, 0.2) is 17.5 Å². The molecule has 0 aromatic heterocycles. The van der Waals surface area contributed by atoms with Crippen LogP contribution < -0.4 is 24.8 Å². The van der Waals surface area contributed by atoms with Gasteiger partial charge in [0.1, 0.15) is 5.75 Å². The Kier molecular flexibility index (Phi) is 11.2. The third kappa shape index (κ3) is 7.46.